The first-order valence-corrected chi connectivity index (χ1v) is 6.36. The Hall–Kier alpha value is -2.48. The SMILES string of the molecule is CC(NC(=O)c1ccc([N+](=O)[O-])c(Cl)c1)c1nncn1C. The normalized spacial score (nSPS) is 12.0. The Labute approximate surface area is 124 Å². The van der Waals surface area contributed by atoms with Gasteiger partial charge in [0, 0.05) is 18.7 Å². The lowest BCUT2D eigenvalue weighted by molar-refractivity contribution is -0.384. The summed E-state index contributed by atoms with van der Waals surface area (Å²) in [6.07, 6.45) is 1.53. The van der Waals surface area contributed by atoms with Crippen molar-refractivity contribution >= 4 is 23.2 Å². The number of nitro benzene ring substituents is 1. The van der Waals surface area contributed by atoms with Crippen molar-refractivity contribution in [2.45, 2.75) is 13.0 Å². The largest absolute Gasteiger partial charge is 0.342 e. The van der Waals surface area contributed by atoms with E-state index in [1.807, 2.05) is 0 Å². The number of nitrogens with one attached hydrogen (secondary N) is 1. The van der Waals surface area contributed by atoms with Crippen LogP contribution in [0.25, 0.3) is 0 Å². The van der Waals surface area contributed by atoms with E-state index in [1.54, 1.807) is 18.5 Å². The van der Waals surface area contributed by atoms with E-state index in [1.165, 1.54) is 24.5 Å². The number of halogens is 1. The first-order chi connectivity index (χ1) is 9.90. The van der Waals surface area contributed by atoms with Gasteiger partial charge >= 0.3 is 0 Å². The third-order valence-electron chi connectivity index (χ3n) is 2.89. The van der Waals surface area contributed by atoms with E-state index < -0.39 is 10.8 Å². The Bertz CT molecular complexity index is 700. The molecule has 110 valence electrons. The van der Waals surface area contributed by atoms with Crippen molar-refractivity contribution in [1.29, 1.82) is 0 Å². The van der Waals surface area contributed by atoms with Gasteiger partial charge in [-0.15, -0.1) is 10.2 Å². The molecule has 0 saturated carbocycles. The molecule has 0 fully saturated rings. The van der Waals surface area contributed by atoms with Crippen molar-refractivity contribution in [3.63, 3.8) is 0 Å². The number of aromatic nitrogens is 3. The van der Waals surface area contributed by atoms with Gasteiger partial charge in [0.1, 0.15) is 11.3 Å². The van der Waals surface area contributed by atoms with Gasteiger partial charge in [0.25, 0.3) is 11.6 Å². The van der Waals surface area contributed by atoms with E-state index in [9.17, 15) is 14.9 Å². The molecule has 8 nitrogen and oxygen atoms in total. The highest BCUT2D eigenvalue weighted by molar-refractivity contribution is 6.33. The Morgan fingerprint density at radius 3 is 2.76 bits per heavy atom. The van der Waals surface area contributed by atoms with Crippen molar-refractivity contribution in [2.24, 2.45) is 7.05 Å². The number of amides is 1. The smallest absolute Gasteiger partial charge is 0.287 e. The van der Waals surface area contributed by atoms with E-state index >= 15 is 0 Å². The second-order valence-corrected chi connectivity index (χ2v) is 4.83. The molecule has 0 aliphatic rings. The molecule has 2 rings (SSSR count). The van der Waals surface area contributed by atoms with Gasteiger partial charge in [-0.1, -0.05) is 11.6 Å². The number of benzene rings is 1. The van der Waals surface area contributed by atoms with E-state index in [0.717, 1.165) is 0 Å². The topological polar surface area (TPSA) is 103 Å². The summed E-state index contributed by atoms with van der Waals surface area (Å²) in [6.45, 7) is 1.76. The van der Waals surface area contributed by atoms with Crippen LogP contribution >= 0.6 is 11.6 Å². The molecule has 0 radical (unpaired) electrons. The predicted molar refractivity (Wildman–Crippen MR) is 75.0 cm³/mol. The summed E-state index contributed by atoms with van der Waals surface area (Å²) in [5.74, 6) is 0.193. The van der Waals surface area contributed by atoms with Crippen LogP contribution in [0.4, 0.5) is 5.69 Å². The molecule has 0 spiro atoms. The fourth-order valence-electron chi connectivity index (χ4n) is 1.82. The number of aryl methyl sites for hydroxylation is 1. The number of nitro groups is 1. The Balaban J connectivity index is 2.16. The van der Waals surface area contributed by atoms with E-state index in [-0.39, 0.29) is 22.3 Å². The molecule has 1 unspecified atom stereocenters. The van der Waals surface area contributed by atoms with Crippen LogP contribution in [0.5, 0.6) is 0 Å². The van der Waals surface area contributed by atoms with E-state index in [0.29, 0.717) is 5.82 Å². The molecule has 1 atom stereocenters. The third-order valence-corrected chi connectivity index (χ3v) is 3.19. The van der Waals surface area contributed by atoms with Crippen molar-refractivity contribution in [3.05, 3.63) is 51.1 Å². The van der Waals surface area contributed by atoms with Crippen LogP contribution in [0.1, 0.15) is 29.1 Å². The van der Waals surface area contributed by atoms with Gasteiger partial charge in [-0.3, -0.25) is 14.9 Å². The standard InChI is InChI=1S/C12H12ClN5O3/c1-7(11-16-14-6-17(11)2)15-12(19)8-3-4-10(18(20)21)9(13)5-8/h3-7H,1-2H3,(H,15,19). The van der Waals surface area contributed by atoms with Crippen molar-refractivity contribution in [2.75, 3.05) is 0 Å². The summed E-state index contributed by atoms with van der Waals surface area (Å²) in [7, 11) is 1.76. The molecule has 21 heavy (non-hydrogen) atoms. The summed E-state index contributed by atoms with van der Waals surface area (Å²) >= 11 is 5.78. The maximum absolute atomic E-state index is 12.1. The fraction of sp³-hybridized carbons (Fsp3) is 0.250. The first-order valence-electron chi connectivity index (χ1n) is 5.99. The number of nitrogens with zero attached hydrogens (tertiary/aromatic N) is 4. The monoisotopic (exact) mass is 309 g/mol. The van der Waals surface area contributed by atoms with Crippen molar-refractivity contribution in [3.8, 4) is 0 Å². The number of carbonyl (C=O) groups is 1. The summed E-state index contributed by atoms with van der Waals surface area (Å²) in [5.41, 5.74) is -0.00538. The van der Waals surface area contributed by atoms with Crippen LogP contribution in [0.2, 0.25) is 5.02 Å². The molecule has 9 heteroatoms. The molecule has 1 heterocycles. The maximum Gasteiger partial charge on any atom is 0.287 e. The molecular formula is C12H12ClN5O3. The number of hydrogen-bond acceptors (Lipinski definition) is 5. The van der Waals surface area contributed by atoms with Crippen molar-refractivity contribution in [1.82, 2.24) is 20.1 Å². The lowest BCUT2D eigenvalue weighted by atomic mass is 10.2. The van der Waals surface area contributed by atoms with Crippen LogP contribution < -0.4 is 5.32 Å². The molecular weight excluding hydrogens is 298 g/mol. The van der Waals surface area contributed by atoms with Crippen molar-refractivity contribution < 1.29 is 9.72 Å². The van der Waals surface area contributed by atoms with Crippen LogP contribution in [-0.2, 0) is 7.05 Å². The second-order valence-electron chi connectivity index (χ2n) is 4.42. The highest BCUT2D eigenvalue weighted by Crippen LogP contribution is 2.25. The van der Waals surface area contributed by atoms with Gasteiger partial charge in [0.05, 0.1) is 11.0 Å². The predicted octanol–water partition coefficient (Wildman–Crippen LogP) is 1.87. The third kappa shape index (κ3) is 3.16. The maximum atomic E-state index is 12.1. The van der Waals surface area contributed by atoms with E-state index in [4.69, 9.17) is 11.6 Å². The molecule has 1 aromatic carbocycles. The lowest BCUT2D eigenvalue weighted by Gasteiger charge is -2.13. The summed E-state index contributed by atoms with van der Waals surface area (Å²) in [4.78, 5) is 22.2. The zero-order valence-electron chi connectivity index (χ0n) is 11.3. The average molecular weight is 310 g/mol. The van der Waals surface area contributed by atoms with Gasteiger partial charge < -0.3 is 9.88 Å². The minimum absolute atomic E-state index is 0.0843. The highest BCUT2D eigenvalue weighted by Gasteiger charge is 2.18. The molecule has 1 amide bonds. The van der Waals surface area contributed by atoms with Crippen LogP contribution in [-0.4, -0.2) is 25.6 Å². The van der Waals surface area contributed by atoms with Gasteiger partial charge in [0.15, 0.2) is 5.82 Å². The summed E-state index contributed by atoms with van der Waals surface area (Å²) in [5, 5.41) is 21.0. The molecule has 1 N–H and O–H groups in total. The number of hydrogen-bond donors (Lipinski definition) is 1. The second kappa shape index (κ2) is 5.88. The zero-order valence-corrected chi connectivity index (χ0v) is 12.0. The minimum Gasteiger partial charge on any atom is -0.342 e. The number of rotatable bonds is 4. The Kier molecular flexibility index (Phi) is 4.18. The summed E-state index contributed by atoms with van der Waals surface area (Å²) < 4.78 is 1.69. The number of carbonyl (C=O) groups excluding carboxylic acids is 1. The van der Waals surface area contributed by atoms with Gasteiger partial charge in [0.2, 0.25) is 0 Å². The van der Waals surface area contributed by atoms with Gasteiger partial charge in [-0.2, -0.15) is 0 Å². The molecule has 1 aromatic heterocycles. The Morgan fingerprint density at radius 2 is 2.24 bits per heavy atom. The molecule has 0 aliphatic carbocycles. The highest BCUT2D eigenvalue weighted by atomic mass is 35.5. The molecule has 2 aromatic rings. The summed E-state index contributed by atoms with van der Waals surface area (Å²) in [6, 6.07) is 3.45. The minimum atomic E-state index is -0.605. The van der Waals surface area contributed by atoms with Gasteiger partial charge in [-0.25, -0.2) is 0 Å². The van der Waals surface area contributed by atoms with Gasteiger partial charge in [-0.05, 0) is 19.1 Å². The lowest BCUT2D eigenvalue weighted by Crippen LogP contribution is -2.28. The fourth-order valence-corrected chi connectivity index (χ4v) is 2.07. The van der Waals surface area contributed by atoms with Crippen LogP contribution in [0, 0.1) is 10.1 Å². The Morgan fingerprint density at radius 1 is 1.52 bits per heavy atom. The van der Waals surface area contributed by atoms with Crippen LogP contribution in [0.3, 0.4) is 0 Å². The molecule has 0 bridgehead atoms. The van der Waals surface area contributed by atoms with E-state index in [2.05, 4.69) is 15.5 Å². The quantitative estimate of drug-likeness (QED) is 0.686. The zero-order chi connectivity index (χ0) is 15.6. The average Bonchev–Trinajstić information content (AvgIpc) is 2.84. The first kappa shape index (κ1) is 14.9. The molecule has 0 aliphatic heterocycles. The van der Waals surface area contributed by atoms with Crippen LogP contribution in [0.15, 0.2) is 24.5 Å². The molecule has 0 saturated heterocycles.